The average molecular weight is 366 g/mol. The number of aliphatic imine (C=N–C) groups is 1. The lowest BCUT2D eigenvalue weighted by atomic mass is 10.2. The first-order valence-corrected chi connectivity index (χ1v) is 7.81. The molecule has 0 aliphatic carbocycles. The lowest BCUT2D eigenvalue weighted by Gasteiger charge is -2.11. The van der Waals surface area contributed by atoms with Gasteiger partial charge in [0.2, 0.25) is 5.88 Å². The van der Waals surface area contributed by atoms with E-state index in [0.717, 1.165) is 10.8 Å². The van der Waals surface area contributed by atoms with Gasteiger partial charge in [-0.3, -0.25) is 24.9 Å². The van der Waals surface area contributed by atoms with E-state index in [1.807, 2.05) is 0 Å². The lowest BCUT2D eigenvalue weighted by molar-refractivity contribution is -0.384. The maximum Gasteiger partial charge on any atom is 0.335 e. The first kappa shape index (κ1) is 17.8. The molecule has 0 fully saturated rings. The predicted molar refractivity (Wildman–Crippen MR) is 99.4 cm³/mol. The van der Waals surface area contributed by atoms with Gasteiger partial charge < -0.3 is 5.11 Å². The molecular weight excluding hydrogens is 352 g/mol. The molecule has 1 heterocycles. The molecule has 1 aromatic heterocycles. The number of aryl methyl sites for hydroxylation is 1. The molecule has 2 aromatic carbocycles. The summed E-state index contributed by atoms with van der Waals surface area (Å²) in [6, 6.07) is 12.3. The Morgan fingerprint density at radius 1 is 1.19 bits per heavy atom. The van der Waals surface area contributed by atoms with Crippen LogP contribution in [-0.4, -0.2) is 25.8 Å². The highest BCUT2D eigenvalue weighted by Crippen LogP contribution is 2.21. The Morgan fingerprint density at radius 2 is 1.93 bits per heavy atom. The summed E-state index contributed by atoms with van der Waals surface area (Å²) < 4.78 is 0.964. The van der Waals surface area contributed by atoms with E-state index in [0.29, 0.717) is 11.3 Å². The van der Waals surface area contributed by atoms with Gasteiger partial charge in [-0.05, 0) is 24.6 Å². The molecule has 0 saturated heterocycles. The van der Waals surface area contributed by atoms with Crippen molar-refractivity contribution in [3.05, 3.63) is 90.6 Å². The molecule has 0 saturated carbocycles. The van der Waals surface area contributed by atoms with E-state index in [1.54, 1.807) is 31.2 Å². The zero-order chi connectivity index (χ0) is 19.6. The standard InChI is InChI=1S/C18H14N4O5/c1-11-5-2-3-8-15(11)21-17(24)14(16(23)20-18(21)25)10-19-12-6-4-7-13(9-12)22(26)27/h2-10,24H,1H3,(H,20,23,25). The maximum atomic E-state index is 12.2. The molecule has 9 nitrogen and oxygen atoms in total. The Bertz CT molecular complexity index is 1180. The van der Waals surface area contributed by atoms with Crippen LogP contribution in [0.1, 0.15) is 11.1 Å². The molecule has 0 bridgehead atoms. The Labute approximate surface area is 152 Å². The van der Waals surface area contributed by atoms with Gasteiger partial charge in [0, 0.05) is 18.3 Å². The summed E-state index contributed by atoms with van der Waals surface area (Å²) in [6.45, 7) is 1.75. The fraction of sp³-hybridized carbons (Fsp3) is 0.0556. The van der Waals surface area contributed by atoms with Crippen molar-refractivity contribution in [2.45, 2.75) is 6.92 Å². The number of benzene rings is 2. The SMILES string of the molecule is Cc1ccccc1-n1c(O)c(C=Nc2cccc([N+](=O)[O-])c2)c(=O)[nH]c1=O. The molecule has 27 heavy (non-hydrogen) atoms. The summed E-state index contributed by atoms with van der Waals surface area (Å²) in [4.78, 5) is 40.7. The van der Waals surface area contributed by atoms with E-state index < -0.39 is 22.1 Å². The summed E-state index contributed by atoms with van der Waals surface area (Å²) in [6.07, 6.45) is 1.06. The Hall–Kier alpha value is -4.01. The van der Waals surface area contributed by atoms with Gasteiger partial charge in [0.15, 0.2) is 0 Å². The Kier molecular flexibility index (Phi) is 4.67. The Balaban J connectivity index is 2.12. The number of non-ortho nitro benzene ring substituents is 1. The molecule has 136 valence electrons. The largest absolute Gasteiger partial charge is 0.493 e. The van der Waals surface area contributed by atoms with Crippen LogP contribution in [0.25, 0.3) is 5.69 Å². The predicted octanol–water partition coefficient (Wildman–Crippen LogP) is 2.20. The smallest absolute Gasteiger partial charge is 0.335 e. The monoisotopic (exact) mass is 366 g/mol. The van der Waals surface area contributed by atoms with Crippen LogP contribution >= 0.6 is 0 Å². The number of nitrogens with one attached hydrogen (secondary N) is 1. The fourth-order valence-corrected chi connectivity index (χ4v) is 2.52. The van der Waals surface area contributed by atoms with E-state index in [9.17, 15) is 24.8 Å². The average Bonchev–Trinajstić information content (AvgIpc) is 2.63. The number of nitrogens with zero attached hydrogens (tertiary/aromatic N) is 3. The van der Waals surface area contributed by atoms with E-state index >= 15 is 0 Å². The molecule has 0 aliphatic rings. The third-order valence-electron chi connectivity index (χ3n) is 3.86. The number of aromatic amines is 1. The summed E-state index contributed by atoms with van der Waals surface area (Å²) in [7, 11) is 0. The third kappa shape index (κ3) is 3.52. The topological polar surface area (TPSA) is 131 Å². The van der Waals surface area contributed by atoms with Gasteiger partial charge in [-0.1, -0.05) is 24.3 Å². The quantitative estimate of drug-likeness (QED) is 0.415. The third-order valence-corrected chi connectivity index (χ3v) is 3.86. The second-order valence-electron chi connectivity index (χ2n) is 5.65. The molecule has 0 atom stereocenters. The lowest BCUT2D eigenvalue weighted by Crippen LogP contribution is -2.31. The van der Waals surface area contributed by atoms with Crippen LogP contribution in [0.4, 0.5) is 11.4 Å². The summed E-state index contributed by atoms with van der Waals surface area (Å²) >= 11 is 0. The molecule has 0 aliphatic heterocycles. The van der Waals surface area contributed by atoms with E-state index in [-0.39, 0.29) is 16.9 Å². The number of rotatable bonds is 4. The van der Waals surface area contributed by atoms with Crippen molar-refractivity contribution in [3.8, 4) is 11.6 Å². The van der Waals surface area contributed by atoms with Crippen molar-refractivity contribution < 1.29 is 10.0 Å². The summed E-state index contributed by atoms with van der Waals surface area (Å²) in [5.74, 6) is -0.577. The van der Waals surface area contributed by atoms with Gasteiger partial charge >= 0.3 is 5.69 Å². The molecular formula is C18H14N4O5. The van der Waals surface area contributed by atoms with Gasteiger partial charge in [-0.2, -0.15) is 0 Å². The van der Waals surface area contributed by atoms with Crippen LogP contribution in [-0.2, 0) is 0 Å². The van der Waals surface area contributed by atoms with E-state index in [1.165, 1.54) is 24.3 Å². The van der Waals surface area contributed by atoms with Crippen molar-refractivity contribution in [1.29, 1.82) is 0 Å². The van der Waals surface area contributed by atoms with Crippen molar-refractivity contribution in [3.63, 3.8) is 0 Å². The van der Waals surface area contributed by atoms with Gasteiger partial charge in [-0.25, -0.2) is 9.36 Å². The second kappa shape index (κ2) is 7.08. The van der Waals surface area contributed by atoms with Crippen LogP contribution < -0.4 is 11.2 Å². The molecule has 0 unspecified atom stereocenters. The minimum absolute atomic E-state index is 0.160. The second-order valence-corrected chi connectivity index (χ2v) is 5.65. The summed E-state index contributed by atoms with van der Waals surface area (Å²) in [5, 5.41) is 21.3. The number of aromatic hydroxyl groups is 1. The highest BCUT2D eigenvalue weighted by molar-refractivity contribution is 5.84. The van der Waals surface area contributed by atoms with Crippen molar-refractivity contribution in [2.75, 3.05) is 0 Å². The highest BCUT2D eigenvalue weighted by atomic mass is 16.6. The number of aromatic nitrogens is 2. The normalized spacial score (nSPS) is 11.0. The molecule has 2 N–H and O–H groups in total. The fourth-order valence-electron chi connectivity index (χ4n) is 2.52. The number of H-pyrrole nitrogens is 1. The molecule has 0 amide bonds. The van der Waals surface area contributed by atoms with Gasteiger partial charge in [0.05, 0.1) is 16.3 Å². The zero-order valence-electron chi connectivity index (χ0n) is 14.1. The Morgan fingerprint density at radius 3 is 2.63 bits per heavy atom. The van der Waals surface area contributed by atoms with Crippen molar-refractivity contribution in [1.82, 2.24) is 9.55 Å². The molecule has 9 heteroatoms. The zero-order valence-corrected chi connectivity index (χ0v) is 14.1. The summed E-state index contributed by atoms with van der Waals surface area (Å²) in [5.41, 5.74) is -0.686. The van der Waals surface area contributed by atoms with Crippen LogP contribution in [0.2, 0.25) is 0 Å². The van der Waals surface area contributed by atoms with Crippen LogP contribution in [0.5, 0.6) is 5.88 Å². The van der Waals surface area contributed by atoms with Crippen molar-refractivity contribution >= 4 is 17.6 Å². The van der Waals surface area contributed by atoms with Crippen molar-refractivity contribution in [2.24, 2.45) is 4.99 Å². The molecule has 0 radical (unpaired) electrons. The molecule has 0 spiro atoms. The molecule has 3 aromatic rings. The number of para-hydroxylation sites is 1. The van der Waals surface area contributed by atoms with Gasteiger partial charge in [0.25, 0.3) is 11.2 Å². The van der Waals surface area contributed by atoms with Gasteiger partial charge in [-0.15, -0.1) is 0 Å². The van der Waals surface area contributed by atoms with Crippen LogP contribution in [0.15, 0.2) is 63.1 Å². The van der Waals surface area contributed by atoms with Crippen LogP contribution in [0.3, 0.4) is 0 Å². The first-order valence-electron chi connectivity index (χ1n) is 7.81. The maximum absolute atomic E-state index is 12.2. The molecule has 3 rings (SSSR count). The number of hydrogen-bond acceptors (Lipinski definition) is 6. The number of hydrogen-bond donors (Lipinski definition) is 2. The van der Waals surface area contributed by atoms with Crippen LogP contribution in [0, 0.1) is 17.0 Å². The van der Waals surface area contributed by atoms with E-state index in [4.69, 9.17) is 0 Å². The number of nitro groups is 1. The minimum Gasteiger partial charge on any atom is -0.493 e. The number of nitro benzene ring substituents is 1. The first-order chi connectivity index (χ1) is 12.9. The minimum atomic E-state index is -0.823. The van der Waals surface area contributed by atoms with E-state index in [2.05, 4.69) is 9.98 Å². The highest BCUT2D eigenvalue weighted by Gasteiger charge is 2.15. The van der Waals surface area contributed by atoms with Gasteiger partial charge in [0.1, 0.15) is 5.56 Å².